The second kappa shape index (κ2) is 3.65. The molecule has 0 fully saturated rings. The van der Waals surface area contributed by atoms with Crippen molar-refractivity contribution in [3.63, 3.8) is 0 Å². The van der Waals surface area contributed by atoms with Gasteiger partial charge in [-0.3, -0.25) is 4.79 Å². The van der Waals surface area contributed by atoms with E-state index in [4.69, 9.17) is 10.5 Å². The first-order valence-electron chi connectivity index (χ1n) is 3.01. The molecule has 0 saturated carbocycles. The van der Waals surface area contributed by atoms with E-state index in [1.807, 2.05) is 22.6 Å². The van der Waals surface area contributed by atoms with Crippen LogP contribution < -0.4 is 10.5 Å². The van der Waals surface area contributed by atoms with E-state index in [-0.39, 0.29) is 11.6 Å². The van der Waals surface area contributed by atoms with Crippen LogP contribution in [0.15, 0.2) is 6.20 Å². The molecule has 1 aromatic heterocycles. The maximum Gasteiger partial charge on any atom is 0.272 e. The summed E-state index contributed by atoms with van der Waals surface area (Å²) in [6.45, 7) is 0. The number of ether oxygens (including phenoxy) is 1. The van der Waals surface area contributed by atoms with Crippen LogP contribution in [0.1, 0.15) is 10.5 Å². The molecule has 0 aliphatic carbocycles. The molecule has 0 saturated heterocycles. The molecule has 0 bridgehead atoms. The quantitative estimate of drug-likeness (QED) is 0.784. The van der Waals surface area contributed by atoms with Gasteiger partial charge in [0.2, 0.25) is 5.88 Å². The summed E-state index contributed by atoms with van der Waals surface area (Å²) >= 11 is 1.96. The van der Waals surface area contributed by atoms with E-state index < -0.39 is 5.91 Å². The minimum absolute atomic E-state index is 0.0536. The lowest BCUT2D eigenvalue weighted by molar-refractivity contribution is 0.0991. The number of rotatable bonds is 2. The SMILES string of the molecule is COc1nc(I)cnc1C(N)=O. The largest absolute Gasteiger partial charge is 0.479 e. The van der Waals surface area contributed by atoms with Crippen LogP contribution in [-0.4, -0.2) is 23.0 Å². The molecular weight excluding hydrogens is 273 g/mol. The molecule has 64 valence electrons. The average Bonchev–Trinajstić information content (AvgIpc) is 2.03. The first-order valence-corrected chi connectivity index (χ1v) is 4.09. The first-order chi connectivity index (χ1) is 5.65. The fraction of sp³-hybridized carbons (Fsp3) is 0.167. The van der Waals surface area contributed by atoms with Crippen molar-refractivity contribution in [2.45, 2.75) is 0 Å². The molecule has 5 nitrogen and oxygen atoms in total. The van der Waals surface area contributed by atoms with Gasteiger partial charge in [-0.25, -0.2) is 9.97 Å². The van der Waals surface area contributed by atoms with Gasteiger partial charge in [-0.1, -0.05) is 0 Å². The van der Waals surface area contributed by atoms with E-state index in [9.17, 15) is 4.79 Å². The number of hydrogen-bond acceptors (Lipinski definition) is 4. The standard InChI is InChI=1S/C6H6IN3O2/c1-12-6-4(5(8)11)9-2-3(7)10-6/h2H,1H3,(H2,8,11). The maximum atomic E-state index is 10.7. The van der Waals surface area contributed by atoms with Crippen LogP contribution in [0.3, 0.4) is 0 Å². The Kier molecular flexibility index (Phi) is 2.79. The molecular formula is C6H6IN3O2. The number of nitrogens with two attached hydrogens (primary N) is 1. The van der Waals surface area contributed by atoms with Crippen LogP contribution in [0.5, 0.6) is 5.88 Å². The minimum atomic E-state index is -0.643. The fourth-order valence-corrected chi connectivity index (χ4v) is 1.02. The third-order valence-corrected chi connectivity index (χ3v) is 1.66. The summed E-state index contributed by atoms with van der Waals surface area (Å²) in [5, 5.41) is 0. The summed E-state index contributed by atoms with van der Waals surface area (Å²) in [7, 11) is 1.41. The molecule has 0 aliphatic heterocycles. The van der Waals surface area contributed by atoms with Crippen molar-refractivity contribution >= 4 is 28.5 Å². The number of primary amides is 1. The maximum absolute atomic E-state index is 10.7. The number of halogens is 1. The summed E-state index contributed by atoms with van der Waals surface area (Å²) < 4.78 is 5.46. The van der Waals surface area contributed by atoms with Crippen molar-refractivity contribution in [1.29, 1.82) is 0 Å². The molecule has 6 heteroatoms. The molecule has 0 radical (unpaired) electrons. The van der Waals surface area contributed by atoms with Crippen LogP contribution in [-0.2, 0) is 0 Å². The van der Waals surface area contributed by atoms with Crippen molar-refractivity contribution in [2.75, 3.05) is 7.11 Å². The Balaban J connectivity index is 3.20. The van der Waals surface area contributed by atoms with Gasteiger partial charge in [0.15, 0.2) is 5.69 Å². The molecule has 1 aromatic rings. The number of carbonyl (C=O) groups is 1. The molecule has 0 aliphatic rings. The molecule has 1 amide bonds. The van der Waals surface area contributed by atoms with Gasteiger partial charge in [0.1, 0.15) is 3.70 Å². The second-order valence-corrected chi connectivity index (χ2v) is 3.02. The van der Waals surface area contributed by atoms with Crippen LogP contribution >= 0.6 is 22.6 Å². The molecule has 1 heterocycles. The van der Waals surface area contributed by atoms with Gasteiger partial charge in [0.05, 0.1) is 13.3 Å². The Hall–Kier alpha value is -0.920. The summed E-state index contributed by atoms with van der Waals surface area (Å²) in [6.07, 6.45) is 1.45. The lowest BCUT2D eigenvalue weighted by Gasteiger charge is -2.02. The van der Waals surface area contributed by atoms with E-state index in [2.05, 4.69) is 9.97 Å². The molecule has 0 aromatic carbocycles. The van der Waals surface area contributed by atoms with Gasteiger partial charge in [0.25, 0.3) is 5.91 Å². The predicted molar refractivity (Wildman–Crippen MR) is 49.8 cm³/mol. The van der Waals surface area contributed by atoms with Crippen LogP contribution in [0.2, 0.25) is 0 Å². The van der Waals surface area contributed by atoms with Crippen molar-refractivity contribution in [3.8, 4) is 5.88 Å². The Morgan fingerprint density at radius 1 is 1.75 bits per heavy atom. The van der Waals surface area contributed by atoms with Crippen LogP contribution in [0.4, 0.5) is 0 Å². The topological polar surface area (TPSA) is 78.1 Å². The predicted octanol–water partition coefficient (Wildman–Crippen LogP) is 0.189. The van der Waals surface area contributed by atoms with E-state index >= 15 is 0 Å². The Morgan fingerprint density at radius 3 is 2.92 bits per heavy atom. The van der Waals surface area contributed by atoms with Gasteiger partial charge < -0.3 is 10.5 Å². The highest BCUT2D eigenvalue weighted by Crippen LogP contribution is 2.12. The molecule has 0 unspecified atom stereocenters. The third kappa shape index (κ3) is 1.81. The van der Waals surface area contributed by atoms with Crippen molar-refractivity contribution in [2.24, 2.45) is 5.73 Å². The summed E-state index contributed by atoms with van der Waals surface area (Å²) in [5.74, 6) is -0.481. The van der Waals surface area contributed by atoms with Crippen molar-refractivity contribution < 1.29 is 9.53 Å². The third-order valence-electron chi connectivity index (χ3n) is 1.14. The second-order valence-electron chi connectivity index (χ2n) is 1.91. The molecule has 0 atom stereocenters. The van der Waals surface area contributed by atoms with Crippen molar-refractivity contribution in [1.82, 2.24) is 9.97 Å². The molecule has 2 N–H and O–H groups in total. The molecule has 12 heavy (non-hydrogen) atoms. The summed E-state index contributed by atoms with van der Waals surface area (Å²) in [5.41, 5.74) is 5.07. The van der Waals surface area contributed by atoms with E-state index in [1.54, 1.807) is 0 Å². The minimum Gasteiger partial charge on any atom is -0.479 e. The van der Waals surface area contributed by atoms with Gasteiger partial charge in [-0.05, 0) is 22.6 Å². The van der Waals surface area contributed by atoms with Gasteiger partial charge in [0, 0.05) is 0 Å². The van der Waals surface area contributed by atoms with Gasteiger partial charge >= 0.3 is 0 Å². The zero-order valence-corrected chi connectivity index (χ0v) is 8.40. The van der Waals surface area contributed by atoms with Crippen LogP contribution in [0.25, 0.3) is 0 Å². The summed E-state index contributed by atoms with van der Waals surface area (Å²) in [6, 6.07) is 0. The van der Waals surface area contributed by atoms with E-state index in [0.717, 1.165) is 0 Å². The van der Waals surface area contributed by atoms with E-state index in [0.29, 0.717) is 3.70 Å². The number of aromatic nitrogens is 2. The monoisotopic (exact) mass is 279 g/mol. The van der Waals surface area contributed by atoms with Gasteiger partial charge in [-0.15, -0.1) is 0 Å². The zero-order valence-electron chi connectivity index (χ0n) is 6.24. The zero-order chi connectivity index (χ0) is 9.14. The number of carbonyl (C=O) groups excluding carboxylic acids is 1. The highest BCUT2D eigenvalue weighted by Gasteiger charge is 2.11. The Labute approximate surface area is 82.5 Å². The lowest BCUT2D eigenvalue weighted by Crippen LogP contribution is -2.15. The highest BCUT2D eigenvalue weighted by atomic mass is 127. The number of nitrogens with zero attached hydrogens (tertiary/aromatic N) is 2. The average molecular weight is 279 g/mol. The Morgan fingerprint density at radius 2 is 2.42 bits per heavy atom. The van der Waals surface area contributed by atoms with Gasteiger partial charge in [-0.2, -0.15) is 0 Å². The molecule has 0 spiro atoms. The number of methoxy groups -OCH3 is 1. The smallest absolute Gasteiger partial charge is 0.272 e. The summed E-state index contributed by atoms with van der Waals surface area (Å²) in [4.78, 5) is 18.4. The fourth-order valence-electron chi connectivity index (χ4n) is 0.663. The number of hydrogen-bond donors (Lipinski definition) is 1. The number of amides is 1. The van der Waals surface area contributed by atoms with E-state index in [1.165, 1.54) is 13.3 Å². The lowest BCUT2D eigenvalue weighted by atomic mass is 10.4. The first kappa shape index (κ1) is 9.17. The van der Waals surface area contributed by atoms with Crippen molar-refractivity contribution in [3.05, 3.63) is 15.6 Å². The normalized spacial score (nSPS) is 9.50. The molecule has 1 rings (SSSR count). The van der Waals surface area contributed by atoms with Crippen LogP contribution in [0, 0.1) is 3.70 Å². The Bertz CT molecular complexity index is 316. The highest BCUT2D eigenvalue weighted by molar-refractivity contribution is 14.1.